The predicted octanol–water partition coefficient (Wildman–Crippen LogP) is 1.94. The molecule has 0 saturated heterocycles. The molecular weight excluding hydrogens is 388 g/mol. The van der Waals surface area contributed by atoms with Gasteiger partial charge in [-0.05, 0) is 35.9 Å². The summed E-state index contributed by atoms with van der Waals surface area (Å²) in [5.41, 5.74) is 6.80. The van der Waals surface area contributed by atoms with E-state index in [4.69, 9.17) is 10.5 Å². The number of hydrogen-bond acceptors (Lipinski definition) is 6. The molecule has 2 aromatic carbocycles. The summed E-state index contributed by atoms with van der Waals surface area (Å²) < 4.78 is 9.62. The summed E-state index contributed by atoms with van der Waals surface area (Å²) >= 11 is 0. The molecule has 0 unspecified atom stereocenters. The van der Waals surface area contributed by atoms with Crippen molar-refractivity contribution < 1.29 is 28.7 Å². The Bertz CT molecular complexity index is 922. The molecular formula is C22H22N2O6. The normalized spacial score (nSPS) is 10.4. The molecule has 0 aromatic heterocycles. The van der Waals surface area contributed by atoms with E-state index in [1.807, 2.05) is 0 Å². The van der Waals surface area contributed by atoms with E-state index in [9.17, 15) is 19.2 Å². The highest BCUT2D eigenvalue weighted by molar-refractivity contribution is 5.97. The monoisotopic (exact) mass is 410 g/mol. The molecule has 0 bridgehead atoms. The summed E-state index contributed by atoms with van der Waals surface area (Å²) in [5.74, 6) is -2.18. The lowest BCUT2D eigenvalue weighted by Gasteiger charge is -2.22. The van der Waals surface area contributed by atoms with Crippen LogP contribution in [0.5, 0.6) is 0 Å². The van der Waals surface area contributed by atoms with E-state index in [1.54, 1.807) is 54.6 Å². The van der Waals surface area contributed by atoms with Crippen molar-refractivity contribution in [2.75, 3.05) is 25.2 Å². The lowest BCUT2D eigenvalue weighted by atomic mass is 10.1. The van der Waals surface area contributed by atoms with Crippen LogP contribution in [-0.2, 0) is 23.9 Å². The Balaban J connectivity index is 1.94. The number of anilines is 1. The summed E-state index contributed by atoms with van der Waals surface area (Å²) in [6.07, 6.45) is 2.66. The first kappa shape index (κ1) is 22.4. The fraction of sp³-hybridized carbons (Fsp3) is 0.182. The van der Waals surface area contributed by atoms with Crippen LogP contribution in [0.25, 0.3) is 6.08 Å². The topological polar surface area (TPSA) is 116 Å². The number of primary amides is 1. The van der Waals surface area contributed by atoms with Crippen molar-refractivity contribution in [3.63, 3.8) is 0 Å². The molecule has 2 rings (SSSR count). The minimum Gasteiger partial charge on any atom is -0.465 e. The van der Waals surface area contributed by atoms with Gasteiger partial charge >= 0.3 is 11.9 Å². The molecule has 0 aliphatic carbocycles. The van der Waals surface area contributed by atoms with Gasteiger partial charge in [0.15, 0.2) is 6.61 Å². The lowest BCUT2D eigenvalue weighted by molar-refractivity contribution is -0.143. The van der Waals surface area contributed by atoms with Gasteiger partial charge in [-0.1, -0.05) is 30.3 Å². The van der Waals surface area contributed by atoms with Crippen LogP contribution in [0.1, 0.15) is 22.3 Å². The van der Waals surface area contributed by atoms with E-state index in [0.717, 1.165) is 0 Å². The van der Waals surface area contributed by atoms with Gasteiger partial charge in [0, 0.05) is 24.7 Å². The standard InChI is InChI=1S/C22H22N2O6/c1-29-22(28)17-10-7-16(8-11-17)9-12-21(27)30-15-20(26)24(14-13-19(23)25)18-5-3-2-4-6-18/h2-12H,13-15H2,1H3,(H2,23,25)/b12-9+. The number of benzene rings is 2. The number of ether oxygens (including phenoxy) is 2. The summed E-state index contributed by atoms with van der Waals surface area (Å²) in [7, 11) is 1.29. The van der Waals surface area contributed by atoms with Gasteiger partial charge in [0.1, 0.15) is 0 Å². The zero-order valence-electron chi connectivity index (χ0n) is 16.4. The number of carbonyl (C=O) groups excluding carboxylic acids is 4. The quantitative estimate of drug-likeness (QED) is 0.499. The molecule has 30 heavy (non-hydrogen) atoms. The summed E-state index contributed by atoms with van der Waals surface area (Å²) in [6, 6.07) is 15.1. The van der Waals surface area contributed by atoms with Crippen molar-refractivity contribution in [3.8, 4) is 0 Å². The third-order valence-corrected chi connectivity index (χ3v) is 4.03. The van der Waals surface area contributed by atoms with Gasteiger partial charge in [-0.15, -0.1) is 0 Å². The van der Waals surface area contributed by atoms with Gasteiger partial charge in [0.25, 0.3) is 5.91 Å². The Hall–Kier alpha value is -3.94. The number of hydrogen-bond donors (Lipinski definition) is 1. The van der Waals surface area contributed by atoms with E-state index in [0.29, 0.717) is 16.8 Å². The van der Waals surface area contributed by atoms with Crippen LogP contribution in [0.2, 0.25) is 0 Å². The third-order valence-electron chi connectivity index (χ3n) is 4.03. The molecule has 0 atom stereocenters. The minimum atomic E-state index is -0.705. The summed E-state index contributed by atoms with van der Waals surface area (Å²) in [4.78, 5) is 48.3. The maximum absolute atomic E-state index is 12.5. The Kier molecular flexibility index (Phi) is 8.31. The smallest absolute Gasteiger partial charge is 0.337 e. The average Bonchev–Trinajstić information content (AvgIpc) is 2.76. The molecule has 2 aromatic rings. The zero-order chi connectivity index (χ0) is 21.9. The third kappa shape index (κ3) is 6.90. The SMILES string of the molecule is COC(=O)c1ccc(/C=C/C(=O)OCC(=O)N(CCC(N)=O)c2ccccc2)cc1. The Morgan fingerprint density at radius 3 is 2.27 bits per heavy atom. The van der Waals surface area contributed by atoms with Gasteiger partial charge in [0.05, 0.1) is 12.7 Å². The van der Waals surface area contributed by atoms with Gasteiger partial charge in [-0.3, -0.25) is 9.59 Å². The molecule has 156 valence electrons. The Morgan fingerprint density at radius 2 is 1.67 bits per heavy atom. The maximum Gasteiger partial charge on any atom is 0.337 e. The summed E-state index contributed by atoms with van der Waals surface area (Å²) in [5, 5.41) is 0. The molecule has 8 heteroatoms. The fourth-order valence-corrected chi connectivity index (χ4v) is 2.50. The van der Waals surface area contributed by atoms with Crippen LogP contribution < -0.4 is 10.6 Å². The second-order valence-corrected chi connectivity index (χ2v) is 6.15. The molecule has 0 spiro atoms. The molecule has 0 aliphatic heterocycles. The molecule has 0 fully saturated rings. The van der Waals surface area contributed by atoms with Crippen LogP contribution in [-0.4, -0.2) is 44.0 Å². The number of esters is 2. The zero-order valence-corrected chi connectivity index (χ0v) is 16.4. The first-order valence-electron chi connectivity index (χ1n) is 9.07. The molecule has 0 radical (unpaired) electrons. The van der Waals surface area contributed by atoms with Crippen molar-refractivity contribution in [3.05, 3.63) is 71.8 Å². The lowest BCUT2D eigenvalue weighted by Crippen LogP contribution is -2.37. The van der Waals surface area contributed by atoms with Crippen LogP contribution in [0, 0.1) is 0 Å². The minimum absolute atomic E-state index is 0.0178. The first-order chi connectivity index (χ1) is 14.4. The van der Waals surface area contributed by atoms with Crippen molar-refractivity contribution in [2.45, 2.75) is 6.42 Å². The Labute approximate surface area is 173 Å². The van der Waals surface area contributed by atoms with Crippen molar-refractivity contribution in [1.29, 1.82) is 0 Å². The highest BCUT2D eigenvalue weighted by Gasteiger charge is 2.17. The number of rotatable bonds is 9. The second-order valence-electron chi connectivity index (χ2n) is 6.15. The molecule has 0 saturated carbocycles. The molecule has 0 aliphatic rings. The second kappa shape index (κ2) is 11.2. The van der Waals surface area contributed by atoms with Crippen molar-refractivity contribution in [1.82, 2.24) is 0 Å². The van der Waals surface area contributed by atoms with Crippen LogP contribution in [0.3, 0.4) is 0 Å². The van der Waals surface area contributed by atoms with Gasteiger partial charge in [-0.25, -0.2) is 9.59 Å². The highest BCUT2D eigenvalue weighted by atomic mass is 16.5. The maximum atomic E-state index is 12.5. The van der Waals surface area contributed by atoms with Gasteiger partial charge in [0.2, 0.25) is 5.91 Å². The average molecular weight is 410 g/mol. The van der Waals surface area contributed by atoms with E-state index in [-0.39, 0.29) is 13.0 Å². The van der Waals surface area contributed by atoms with Crippen LogP contribution in [0.4, 0.5) is 5.69 Å². The number of carbonyl (C=O) groups is 4. The Morgan fingerprint density at radius 1 is 1.00 bits per heavy atom. The number of nitrogens with zero attached hydrogens (tertiary/aromatic N) is 1. The van der Waals surface area contributed by atoms with Gasteiger partial charge in [-0.2, -0.15) is 0 Å². The number of nitrogens with two attached hydrogens (primary N) is 1. The number of amides is 2. The van der Waals surface area contributed by atoms with E-state index in [2.05, 4.69) is 4.74 Å². The highest BCUT2D eigenvalue weighted by Crippen LogP contribution is 2.14. The number of para-hydroxylation sites is 1. The van der Waals surface area contributed by atoms with Crippen molar-refractivity contribution >= 4 is 35.5 Å². The van der Waals surface area contributed by atoms with E-state index >= 15 is 0 Å². The number of methoxy groups -OCH3 is 1. The summed E-state index contributed by atoms with van der Waals surface area (Å²) in [6.45, 7) is -0.407. The van der Waals surface area contributed by atoms with Crippen LogP contribution in [0.15, 0.2) is 60.7 Å². The molecule has 2 N–H and O–H groups in total. The van der Waals surface area contributed by atoms with Crippen LogP contribution >= 0.6 is 0 Å². The van der Waals surface area contributed by atoms with E-state index < -0.39 is 30.4 Å². The fourth-order valence-electron chi connectivity index (χ4n) is 2.50. The first-order valence-corrected chi connectivity index (χ1v) is 9.07. The molecule has 2 amide bonds. The molecule has 8 nitrogen and oxygen atoms in total. The molecule has 0 heterocycles. The predicted molar refractivity (Wildman–Crippen MR) is 110 cm³/mol. The largest absolute Gasteiger partial charge is 0.465 e. The van der Waals surface area contributed by atoms with Gasteiger partial charge < -0.3 is 20.1 Å². The van der Waals surface area contributed by atoms with E-state index in [1.165, 1.54) is 24.2 Å². The van der Waals surface area contributed by atoms with Crippen molar-refractivity contribution in [2.24, 2.45) is 5.73 Å².